The van der Waals surface area contributed by atoms with Crippen LogP contribution in [0.5, 0.6) is 5.75 Å². The summed E-state index contributed by atoms with van der Waals surface area (Å²) in [7, 11) is 1.57. The monoisotopic (exact) mass is 480 g/mol. The van der Waals surface area contributed by atoms with Crippen LogP contribution in [0.3, 0.4) is 0 Å². The second-order valence-corrected chi connectivity index (χ2v) is 8.71. The first-order valence-electron chi connectivity index (χ1n) is 11.2. The molecule has 176 valence electrons. The lowest BCUT2D eigenvalue weighted by Crippen LogP contribution is -2.48. The lowest BCUT2D eigenvalue weighted by molar-refractivity contribution is -0.118. The van der Waals surface area contributed by atoms with Crippen LogP contribution < -0.4 is 14.5 Å². The lowest BCUT2D eigenvalue weighted by Gasteiger charge is -2.44. The first-order valence-corrected chi connectivity index (χ1v) is 11.6. The van der Waals surface area contributed by atoms with Gasteiger partial charge in [-0.3, -0.25) is 9.59 Å². The van der Waals surface area contributed by atoms with Gasteiger partial charge in [0.15, 0.2) is 0 Å². The molecule has 0 aromatic heterocycles. The van der Waals surface area contributed by atoms with Gasteiger partial charge in [0, 0.05) is 34.3 Å². The van der Waals surface area contributed by atoms with E-state index in [-0.39, 0.29) is 23.9 Å². The summed E-state index contributed by atoms with van der Waals surface area (Å²) in [6, 6.07) is 17.6. The molecule has 3 aromatic rings. The molecule has 0 bridgehead atoms. The van der Waals surface area contributed by atoms with E-state index in [1.807, 2.05) is 44.2 Å². The first-order chi connectivity index (χ1) is 16.3. The topological polar surface area (TPSA) is 49.9 Å². The second-order valence-electron chi connectivity index (χ2n) is 8.27. The molecule has 2 amide bonds. The van der Waals surface area contributed by atoms with Crippen LogP contribution in [0.1, 0.15) is 48.7 Å². The summed E-state index contributed by atoms with van der Waals surface area (Å²) >= 11 is 6.10. The summed E-state index contributed by atoms with van der Waals surface area (Å²) in [5, 5.41) is 0.582. The molecule has 0 unspecified atom stereocenters. The van der Waals surface area contributed by atoms with Crippen LogP contribution in [0, 0.1) is 5.82 Å². The van der Waals surface area contributed by atoms with E-state index in [2.05, 4.69) is 0 Å². The van der Waals surface area contributed by atoms with E-state index in [1.54, 1.807) is 29.0 Å². The van der Waals surface area contributed by atoms with Crippen molar-refractivity contribution in [3.8, 4) is 5.75 Å². The van der Waals surface area contributed by atoms with Gasteiger partial charge < -0.3 is 14.5 Å². The Morgan fingerprint density at radius 2 is 1.76 bits per heavy atom. The van der Waals surface area contributed by atoms with Gasteiger partial charge in [-0.2, -0.15) is 0 Å². The maximum Gasteiger partial charge on any atom is 0.258 e. The minimum Gasteiger partial charge on any atom is -0.496 e. The molecule has 1 aliphatic heterocycles. The molecule has 5 nitrogen and oxygen atoms in total. The summed E-state index contributed by atoms with van der Waals surface area (Å²) in [6.45, 7) is 3.78. The molecule has 0 aliphatic carbocycles. The highest BCUT2D eigenvalue weighted by molar-refractivity contribution is 6.30. The van der Waals surface area contributed by atoms with Crippen LogP contribution >= 0.6 is 11.6 Å². The van der Waals surface area contributed by atoms with Gasteiger partial charge in [-0.05, 0) is 74.0 Å². The van der Waals surface area contributed by atoms with E-state index in [0.717, 1.165) is 11.3 Å². The fourth-order valence-corrected chi connectivity index (χ4v) is 4.71. The average molecular weight is 481 g/mol. The van der Waals surface area contributed by atoms with Crippen molar-refractivity contribution in [2.75, 3.05) is 16.9 Å². The maximum atomic E-state index is 13.5. The molecule has 0 radical (unpaired) electrons. The number of anilines is 2. The summed E-state index contributed by atoms with van der Waals surface area (Å²) in [4.78, 5) is 30.2. The Bertz CT molecular complexity index is 1200. The van der Waals surface area contributed by atoms with Crippen molar-refractivity contribution >= 4 is 34.8 Å². The third-order valence-corrected chi connectivity index (χ3v) is 6.41. The lowest BCUT2D eigenvalue weighted by atomic mass is 9.88. The zero-order valence-electron chi connectivity index (χ0n) is 19.3. The number of benzene rings is 3. The largest absolute Gasteiger partial charge is 0.496 e. The third kappa shape index (κ3) is 4.38. The molecule has 7 heteroatoms. The number of methoxy groups -OCH3 is 1. The predicted molar refractivity (Wildman–Crippen MR) is 132 cm³/mol. The molecule has 0 saturated heterocycles. The van der Waals surface area contributed by atoms with Gasteiger partial charge in [0.1, 0.15) is 11.6 Å². The predicted octanol–water partition coefficient (Wildman–Crippen LogP) is 6.41. The van der Waals surface area contributed by atoms with Crippen molar-refractivity contribution in [1.82, 2.24) is 0 Å². The molecule has 1 heterocycles. The molecule has 0 saturated carbocycles. The summed E-state index contributed by atoms with van der Waals surface area (Å²) in [5.41, 5.74) is 2.54. The van der Waals surface area contributed by atoms with Gasteiger partial charge in [0.05, 0.1) is 18.8 Å². The van der Waals surface area contributed by atoms with Gasteiger partial charge >= 0.3 is 0 Å². The molecule has 0 N–H and O–H groups in total. The normalized spacial score (nSPS) is 17.1. The van der Waals surface area contributed by atoms with Gasteiger partial charge in [0.2, 0.25) is 5.91 Å². The number of halogens is 2. The standard InChI is InChI=1S/C27H26ClFN2O3/c1-4-25(32)31(21-14-10-19(28)11-15-21)23-16-17(2)30(22-6-5-7-24(34-3)26(22)23)27(33)18-8-12-20(29)13-9-18/h5-15,17,23H,4,16H2,1-3H3/t17-,23+/m0/s1. The van der Waals surface area contributed by atoms with Crippen LogP contribution in [-0.2, 0) is 4.79 Å². The molecule has 4 rings (SSSR count). The number of amides is 2. The minimum atomic E-state index is -0.401. The van der Waals surface area contributed by atoms with E-state index in [9.17, 15) is 14.0 Å². The van der Waals surface area contributed by atoms with Crippen molar-refractivity contribution in [2.24, 2.45) is 0 Å². The Morgan fingerprint density at radius 1 is 1.09 bits per heavy atom. The van der Waals surface area contributed by atoms with E-state index in [4.69, 9.17) is 16.3 Å². The quantitative estimate of drug-likeness (QED) is 0.424. The molecule has 0 fully saturated rings. The van der Waals surface area contributed by atoms with E-state index < -0.39 is 5.82 Å². The summed E-state index contributed by atoms with van der Waals surface area (Å²) in [5.74, 6) is -0.0914. The van der Waals surface area contributed by atoms with Gasteiger partial charge in [-0.25, -0.2) is 4.39 Å². The number of rotatable bonds is 5. The molecule has 2 atom stereocenters. The van der Waals surface area contributed by atoms with E-state index in [1.165, 1.54) is 24.3 Å². The fraction of sp³-hybridized carbons (Fsp3) is 0.259. The second kappa shape index (κ2) is 9.85. The van der Waals surface area contributed by atoms with Crippen molar-refractivity contribution in [3.05, 3.63) is 88.7 Å². The molecular formula is C27H26ClFN2O3. The molecule has 34 heavy (non-hydrogen) atoms. The van der Waals surface area contributed by atoms with Gasteiger partial charge in [-0.1, -0.05) is 24.6 Å². The van der Waals surface area contributed by atoms with Crippen LogP contribution in [0.4, 0.5) is 15.8 Å². The Morgan fingerprint density at radius 3 is 2.38 bits per heavy atom. The molecule has 0 spiro atoms. The highest BCUT2D eigenvalue weighted by atomic mass is 35.5. The zero-order valence-corrected chi connectivity index (χ0v) is 20.1. The van der Waals surface area contributed by atoms with E-state index >= 15 is 0 Å². The number of fused-ring (bicyclic) bond motifs is 1. The zero-order chi connectivity index (χ0) is 24.4. The Labute approximate surface area is 203 Å². The Hall–Kier alpha value is -3.38. The van der Waals surface area contributed by atoms with Crippen molar-refractivity contribution in [2.45, 2.75) is 38.8 Å². The molecule has 1 aliphatic rings. The van der Waals surface area contributed by atoms with Crippen LogP contribution in [0.15, 0.2) is 66.7 Å². The van der Waals surface area contributed by atoms with Crippen molar-refractivity contribution in [1.29, 1.82) is 0 Å². The molecular weight excluding hydrogens is 455 g/mol. The average Bonchev–Trinajstić information content (AvgIpc) is 2.84. The van der Waals surface area contributed by atoms with Crippen LogP contribution in [0.2, 0.25) is 5.02 Å². The maximum absolute atomic E-state index is 13.5. The van der Waals surface area contributed by atoms with Gasteiger partial charge in [-0.15, -0.1) is 0 Å². The molecule has 3 aromatic carbocycles. The number of hydrogen-bond acceptors (Lipinski definition) is 3. The van der Waals surface area contributed by atoms with E-state index in [0.29, 0.717) is 34.9 Å². The summed E-state index contributed by atoms with van der Waals surface area (Å²) in [6.07, 6.45) is 0.810. The number of carbonyl (C=O) groups is 2. The number of carbonyl (C=O) groups excluding carboxylic acids is 2. The van der Waals surface area contributed by atoms with Gasteiger partial charge in [0.25, 0.3) is 5.91 Å². The SMILES string of the molecule is CCC(=O)N(c1ccc(Cl)cc1)[C@@H]1C[C@H](C)N(C(=O)c2ccc(F)cc2)c2cccc(OC)c21. The Balaban J connectivity index is 1.86. The number of nitrogens with zero attached hydrogens (tertiary/aromatic N) is 2. The highest BCUT2D eigenvalue weighted by Crippen LogP contribution is 2.47. The van der Waals surface area contributed by atoms with Crippen molar-refractivity contribution < 1.29 is 18.7 Å². The highest BCUT2D eigenvalue weighted by Gasteiger charge is 2.40. The number of ether oxygens (including phenoxy) is 1. The smallest absolute Gasteiger partial charge is 0.258 e. The minimum absolute atomic E-state index is 0.0466. The fourth-order valence-electron chi connectivity index (χ4n) is 4.58. The van der Waals surface area contributed by atoms with Crippen LogP contribution in [0.25, 0.3) is 0 Å². The number of hydrogen-bond donors (Lipinski definition) is 0. The summed E-state index contributed by atoms with van der Waals surface area (Å²) < 4.78 is 19.2. The van der Waals surface area contributed by atoms with Crippen molar-refractivity contribution in [3.63, 3.8) is 0 Å². The van der Waals surface area contributed by atoms with Crippen LogP contribution in [-0.4, -0.2) is 25.0 Å². The Kier molecular flexibility index (Phi) is 6.89. The first kappa shape index (κ1) is 23.8. The third-order valence-electron chi connectivity index (χ3n) is 6.16.